The summed E-state index contributed by atoms with van der Waals surface area (Å²) in [5.41, 5.74) is 0.546. The molecule has 1 N–H and O–H groups in total. The van der Waals surface area contributed by atoms with Crippen LogP contribution in [0.4, 0.5) is 10.1 Å². The number of hydrogen-bond acceptors (Lipinski definition) is 5. The molecule has 1 fully saturated rings. The summed E-state index contributed by atoms with van der Waals surface area (Å²) in [5.74, 6) is -0.713. The monoisotopic (exact) mass is 389 g/mol. The molecule has 0 bridgehead atoms. The van der Waals surface area contributed by atoms with E-state index in [-0.39, 0.29) is 36.1 Å². The van der Waals surface area contributed by atoms with E-state index in [4.69, 9.17) is 10.00 Å². The van der Waals surface area contributed by atoms with Crippen molar-refractivity contribution in [2.45, 2.75) is 11.0 Å². The van der Waals surface area contributed by atoms with E-state index < -0.39 is 21.9 Å². The average Bonchev–Trinajstić information content (AvgIpc) is 2.68. The summed E-state index contributed by atoms with van der Waals surface area (Å²) in [6.45, 7) is -0.168. The summed E-state index contributed by atoms with van der Waals surface area (Å²) in [6, 6.07) is 13.2. The number of nitrogens with one attached hydrogen (secondary N) is 1. The lowest BCUT2D eigenvalue weighted by Gasteiger charge is -2.32. The van der Waals surface area contributed by atoms with Crippen LogP contribution in [0.15, 0.2) is 53.4 Å². The molecule has 0 aromatic heterocycles. The molecule has 1 amide bonds. The average molecular weight is 389 g/mol. The molecule has 1 atom stereocenters. The zero-order valence-corrected chi connectivity index (χ0v) is 14.9. The predicted octanol–water partition coefficient (Wildman–Crippen LogP) is 1.41. The van der Waals surface area contributed by atoms with Crippen LogP contribution in [0.25, 0.3) is 0 Å². The standard InChI is InChI=1S/C18H16FN3O4S/c19-14-5-7-15(8-6-14)22-11-16(26-12-18(22)23)10-21-27(24,25)17-4-2-1-3-13(17)9-20/h1-8,16,21H,10-12H2. The fourth-order valence-corrected chi connectivity index (χ4v) is 3.91. The van der Waals surface area contributed by atoms with Crippen molar-refractivity contribution >= 4 is 21.6 Å². The molecule has 2 aromatic rings. The molecule has 7 nitrogen and oxygen atoms in total. The summed E-state index contributed by atoms with van der Waals surface area (Å²) >= 11 is 0. The van der Waals surface area contributed by atoms with Gasteiger partial charge in [0.25, 0.3) is 5.91 Å². The van der Waals surface area contributed by atoms with E-state index in [1.807, 2.05) is 6.07 Å². The number of hydrogen-bond donors (Lipinski definition) is 1. The topological polar surface area (TPSA) is 99.5 Å². The molecule has 0 radical (unpaired) electrons. The number of carbonyl (C=O) groups is 1. The highest BCUT2D eigenvalue weighted by Crippen LogP contribution is 2.20. The Morgan fingerprint density at radius 2 is 1.93 bits per heavy atom. The lowest BCUT2D eigenvalue weighted by molar-refractivity contribution is -0.129. The summed E-state index contributed by atoms with van der Waals surface area (Å²) in [5, 5.41) is 9.07. The number of nitrogens with zero attached hydrogens (tertiary/aromatic N) is 2. The predicted molar refractivity (Wildman–Crippen MR) is 94.8 cm³/mol. The van der Waals surface area contributed by atoms with Crippen LogP contribution < -0.4 is 9.62 Å². The molecule has 0 spiro atoms. The van der Waals surface area contributed by atoms with E-state index >= 15 is 0 Å². The molecule has 9 heteroatoms. The van der Waals surface area contributed by atoms with Crippen LogP contribution in [0.2, 0.25) is 0 Å². The summed E-state index contributed by atoms with van der Waals surface area (Å²) < 4.78 is 45.8. The first-order valence-electron chi connectivity index (χ1n) is 8.07. The van der Waals surface area contributed by atoms with Crippen LogP contribution in [0.5, 0.6) is 0 Å². The molecular weight excluding hydrogens is 373 g/mol. The normalized spacial score (nSPS) is 17.6. The number of sulfonamides is 1. The molecular formula is C18H16FN3O4S. The molecule has 27 heavy (non-hydrogen) atoms. The minimum absolute atomic E-state index is 0.0395. The highest BCUT2D eigenvalue weighted by Gasteiger charge is 2.29. The lowest BCUT2D eigenvalue weighted by Crippen LogP contribution is -2.50. The van der Waals surface area contributed by atoms with Gasteiger partial charge in [0, 0.05) is 12.2 Å². The van der Waals surface area contributed by atoms with Gasteiger partial charge in [0.05, 0.1) is 23.1 Å². The minimum Gasteiger partial charge on any atom is -0.365 e. The number of anilines is 1. The molecule has 1 aliphatic heterocycles. The Morgan fingerprint density at radius 3 is 2.63 bits per heavy atom. The Kier molecular flexibility index (Phi) is 5.51. The van der Waals surface area contributed by atoms with Crippen molar-refractivity contribution in [3.8, 4) is 6.07 Å². The number of halogens is 1. The van der Waals surface area contributed by atoms with Gasteiger partial charge in [0.2, 0.25) is 10.0 Å². The van der Waals surface area contributed by atoms with Crippen LogP contribution in [0.3, 0.4) is 0 Å². The van der Waals surface area contributed by atoms with E-state index in [0.717, 1.165) is 0 Å². The van der Waals surface area contributed by atoms with Crippen LogP contribution in [0, 0.1) is 17.1 Å². The lowest BCUT2D eigenvalue weighted by atomic mass is 10.2. The van der Waals surface area contributed by atoms with E-state index in [2.05, 4.69) is 4.72 Å². The number of amides is 1. The molecule has 140 valence electrons. The van der Waals surface area contributed by atoms with Crippen LogP contribution in [-0.4, -0.2) is 40.1 Å². The summed E-state index contributed by atoms with van der Waals surface area (Å²) in [6.07, 6.45) is -0.586. The quantitative estimate of drug-likeness (QED) is 0.834. The molecule has 1 saturated heterocycles. The Balaban J connectivity index is 1.70. The zero-order valence-electron chi connectivity index (χ0n) is 14.1. The molecule has 0 aliphatic carbocycles. The van der Waals surface area contributed by atoms with Crippen LogP contribution in [-0.2, 0) is 19.6 Å². The second-order valence-corrected chi connectivity index (χ2v) is 7.61. The number of ether oxygens (including phenoxy) is 1. The van der Waals surface area contributed by atoms with Crippen molar-refractivity contribution in [2.24, 2.45) is 0 Å². The van der Waals surface area contributed by atoms with Crippen molar-refractivity contribution < 1.29 is 22.3 Å². The number of rotatable bonds is 5. The number of morpholine rings is 1. The van der Waals surface area contributed by atoms with Gasteiger partial charge in [-0.2, -0.15) is 5.26 Å². The number of carbonyl (C=O) groups excluding carboxylic acids is 1. The molecule has 0 saturated carbocycles. The number of nitriles is 1. The van der Waals surface area contributed by atoms with Crippen LogP contribution in [0.1, 0.15) is 5.56 Å². The van der Waals surface area contributed by atoms with E-state index in [0.29, 0.717) is 5.69 Å². The van der Waals surface area contributed by atoms with E-state index in [9.17, 15) is 17.6 Å². The van der Waals surface area contributed by atoms with Crippen molar-refractivity contribution in [1.29, 1.82) is 5.26 Å². The van der Waals surface area contributed by atoms with Crippen molar-refractivity contribution in [1.82, 2.24) is 4.72 Å². The van der Waals surface area contributed by atoms with Crippen molar-refractivity contribution in [3.63, 3.8) is 0 Å². The third-order valence-corrected chi connectivity index (χ3v) is 5.55. The largest absolute Gasteiger partial charge is 0.365 e. The van der Waals surface area contributed by atoms with Gasteiger partial charge in [-0.1, -0.05) is 12.1 Å². The maximum Gasteiger partial charge on any atom is 0.253 e. The van der Waals surface area contributed by atoms with Gasteiger partial charge in [-0.05, 0) is 36.4 Å². The highest BCUT2D eigenvalue weighted by atomic mass is 32.2. The van der Waals surface area contributed by atoms with Crippen LogP contribution >= 0.6 is 0 Å². The fraction of sp³-hybridized carbons (Fsp3) is 0.222. The maximum absolute atomic E-state index is 13.1. The van der Waals surface area contributed by atoms with Gasteiger partial charge in [-0.15, -0.1) is 0 Å². The highest BCUT2D eigenvalue weighted by molar-refractivity contribution is 7.89. The van der Waals surface area contributed by atoms with Gasteiger partial charge in [-0.25, -0.2) is 17.5 Å². The second-order valence-electron chi connectivity index (χ2n) is 5.87. The third-order valence-electron chi connectivity index (χ3n) is 4.07. The summed E-state index contributed by atoms with van der Waals surface area (Å²) in [4.78, 5) is 13.4. The van der Waals surface area contributed by atoms with Gasteiger partial charge in [0.1, 0.15) is 18.5 Å². The molecule has 1 unspecified atom stereocenters. The molecule has 1 heterocycles. The van der Waals surface area contributed by atoms with E-state index in [1.54, 1.807) is 6.07 Å². The Hall–Kier alpha value is -2.80. The molecule has 2 aromatic carbocycles. The van der Waals surface area contributed by atoms with Gasteiger partial charge < -0.3 is 9.64 Å². The smallest absolute Gasteiger partial charge is 0.253 e. The first-order chi connectivity index (χ1) is 12.9. The Bertz CT molecular complexity index is 986. The Morgan fingerprint density at radius 1 is 1.22 bits per heavy atom. The Labute approximate surface area is 156 Å². The van der Waals surface area contributed by atoms with Gasteiger partial charge in [0.15, 0.2) is 0 Å². The van der Waals surface area contributed by atoms with Crippen molar-refractivity contribution in [2.75, 3.05) is 24.6 Å². The first-order valence-corrected chi connectivity index (χ1v) is 9.55. The second kappa shape index (κ2) is 7.84. The molecule has 3 rings (SSSR count). The minimum atomic E-state index is -3.91. The fourth-order valence-electron chi connectivity index (χ4n) is 2.69. The van der Waals surface area contributed by atoms with Gasteiger partial charge >= 0.3 is 0 Å². The zero-order chi connectivity index (χ0) is 19.4. The maximum atomic E-state index is 13.1. The first kappa shape index (κ1) is 19.0. The number of benzene rings is 2. The molecule has 1 aliphatic rings. The third kappa shape index (κ3) is 4.31. The van der Waals surface area contributed by atoms with E-state index in [1.165, 1.54) is 47.4 Å². The van der Waals surface area contributed by atoms with Crippen molar-refractivity contribution in [3.05, 3.63) is 59.9 Å². The SMILES string of the molecule is N#Cc1ccccc1S(=O)(=O)NCC1CN(c2ccc(F)cc2)C(=O)CO1. The summed E-state index contributed by atoms with van der Waals surface area (Å²) in [7, 11) is -3.91. The van der Waals surface area contributed by atoms with Gasteiger partial charge in [-0.3, -0.25) is 4.79 Å².